The fourth-order valence-corrected chi connectivity index (χ4v) is 2.50. The van der Waals surface area contributed by atoms with Crippen molar-refractivity contribution in [1.29, 1.82) is 0 Å². The van der Waals surface area contributed by atoms with Gasteiger partial charge in [-0.25, -0.2) is 4.98 Å². The lowest BCUT2D eigenvalue weighted by atomic mass is 10.2. The van der Waals surface area contributed by atoms with E-state index in [9.17, 15) is 14.7 Å². The van der Waals surface area contributed by atoms with Crippen LogP contribution in [0.25, 0.3) is 10.2 Å². The molecule has 0 aliphatic rings. The molecule has 1 heterocycles. The van der Waals surface area contributed by atoms with Crippen LogP contribution >= 0.6 is 11.3 Å². The highest BCUT2D eigenvalue weighted by molar-refractivity contribution is 7.20. The van der Waals surface area contributed by atoms with E-state index in [2.05, 4.69) is 4.98 Å². The second kappa shape index (κ2) is 5.23. The van der Waals surface area contributed by atoms with Crippen molar-refractivity contribution in [3.63, 3.8) is 0 Å². The number of aliphatic carboxylic acids is 1. The monoisotopic (exact) mass is 281 g/mol. The molecule has 6 nitrogen and oxygen atoms in total. The Labute approximate surface area is 112 Å². The minimum Gasteiger partial charge on any atom is -0.504 e. The molecule has 19 heavy (non-hydrogen) atoms. The molecule has 0 unspecified atom stereocenters. The average Bonchev–Trinajstić information content (AvgIpc) is 2.77. The Morgan fingerprint density at radius 1 is 1.37 bits per heavy atom. The zero-order valence-electron chi connectivity index (χ0n) is 10.0. The minimum atomic E-state index is -1.02. The number of benzene rings is 1. The van der Waals surface area contributed by atoms with Gasteiger partial charge in [0.25, 0.3) is 0 Å². The third-order valence-electron chi connectivity index (χ3n) is 2.49. The van der Waals surface area contributed by atoms with Gasteiger partial charge in [-0.15, -0.1) is 11.3 Å². The first-order valence-corrected chi connectivity index (χ1v) is 6.25. The van der Waals surface area contributed by atoms with Crippen molar-refractivity contribution in [2.45, 2.75) is 12.8 Å². The molecule has 0 radical (unpaired) electrons. The number of aromatic nitrogens is 1. The molecule has 0 saturated heterocycles. The average molecular weight is 281 g/mol. The fourth-order valence-electron chi connectivity index (χ4n) is 1.55. The van der Waals surface area contributed by atoms with Gasteiger partial charge in [-0.1, -0.05) is 0 Å². The molecule has 0 fully saturated rings. The van der Waals surface area contributed by atoms with Gasteiger partial charge < -0.3 is 14.9 Å². The van der Waals surface area contributed by atoms with E-state index in [1.54, 1.807) is 6.07 Å². The smallest absolute Gasteiger partial charge is 0.303 e. The van der Waals surface area contributed by atoms with E-state index in [0.29, 0.717) is 16.0 Å². The molecule has 1 aromatic carbocycles. The van der Waals surface area contributed by atoms with Crippen LogP contribution < -0.4 is 4.74 Å². The van der Waals surface area contributed by atoms with Crippen LogP contribution in [-0.4, -0.2) is 34.1 Å². The van der Waals surface area contributed by atoms with Crippen LogP contribution in [-0.2, 0) is 4.79 Å². The summed E-state index contributed by atoms with van der Waals surface area (Å²) in [7, 11) is 1.43. The summed E-state index contributed by atoms with van der Waals surface area (Å²) in [4.78, 5) is 26.3. The predicted octanol–water partition coefficient (Wildman–Crippen LogP) is 2.06. The molecular formula is C12H11NO5S. The van der Waals surface area contributed by atoms with Crippen LogP contribution in [0.5, 0.6) is 11.5 Å². The number of carbonyl (C=O) groups excluding carboxylic acids is 1. The van der Waals surface area contributed by atoms with Crippen LogP contribution in [0.15, 0.2) is 12.1 Å². The number of ether oxygens (including phenoxy) is 1. The van der Waals surface area contributed by atoms with Crippen LogP contribution in [0.2, 0.25) is 0 Å². The number of methoxy groups -OCH3 is 1. The molecule has 1 aromatic heterocycles. The van der Waals surface area contributed by atoms with Gasteiger partial charge in [-0.3, -0.25) is 9.59 Å². The molecular weight excluding hydrogens is 270 g/mol. The second-order valence-electron chi connectivity index (χ2n) is 3.83. The molecule has 0 atom stereocenters. The largest absolute Gasteiger partial charge is 0.504 e. The van der Waals surface area contributed by atoms with Crippen molar-refractivity contribution in [2.75, 3.05) is 7.11 Å². The number of hydrogen-bond acceptors (Lipinski definition) is 6. The lowest BCUT2D eigenvalue weighted by molar-refractivity contribution is -0.136. The highest BCUT2D eigenvalue weighted by Crippen LogP contribution is 2.34. The molecule has 0 saturated carbocycles. The Kier molecular flexibility index (Phi) is 3.66. The number of phenolic OH excluding ortho intramolecular Hbond substituents is 1. The molecule has 2 N–H and O–H groups in total. The highest BCUT2D eigenvalue weighted by Gasteiger charge is 2.15. The molecule has 0 spiro atoms. The van der Waals surface area contributed by atoms with Crippen molar-refractivity contribution in [2.24, 2.45) is 0 Å². The molecule has 7 heteroatoms. The first-order chi connectivity index (χ1) is 9.01. The van der Waals surface area contributed by atoms with E-state index in [1.165, 1.54) is 13.2 Å². The molecule has 0 aliphatic heterocycles. The lowest BCUT2D eigenvalue weighted by Gasteiger charge is -2.01. The van der Waals surface area contributed by atoms with Gasteiger partial charge in [-0.05, 0) is 0 Å². The summed E-state index contributed by atoms with van der Waals surface area (Å²) in [6.07, 6.45) is -0.304. The number of carboxylic acids is 1. The number of rotatable bonds is 5. The summed E-state index contributed by atoms with van der Waals surface area (Å²) in [5.41, 5.74) is 0.488. The third kappa shape index (κ3) is 2.82. The number of fused-ring (bicyclic) bond motifs is 1. The van der Waals surface area contributed by atoms with Gasteiger partial charge in [0.1, 0.15) is 0 Å². The van der Waals surface area contributed by atoms with Gasteiger partial charge >= 0.3 is 5.97 Å². The summed E-state index contributed by atoms with van der Waals surface area (Å²) in [6, 6.07) is 3.01. The van der Waals surface area contributed by atoms with Gasteiger partial charge in [-0.2, -0.15) is 0 Å². The molecule has 0 amide bonds. The van der Waals surface area contributed by atoms with Crippen LogP contribution in [0, 0.1) is 0 Å². The summed E-state index contributed by atoms with van der Waals surface area (Å²) in [5, 5.41) is 18.4. The van der Waals surface area contributed by atoms with Gasteiger partial charge in [0.2, 0.25) is 0 Å². The third-order valence-corrected chi connectivity index (χ3v) is 3.55. The Morgan fingerprint density at radius 3 is 2.74 bits per heavy atom. The summed E-state index contributed by atoms with van der Waals surface area (Å²) < 4.78 is 5.67. The van der Waals surface area contributed by atoms with E-state index in [0.717, 1.165) is 11.3 Å². The number of Topliss-reactive ketones (excluding diaryl/α,β-unsaturated/α-hetero) is 1. The van der Waals surface area contributed by atoms with Crippen molar-refractivity contribution < 1.29 is 24.5 Å². The number of phenols is 1. The first-order valence-electron chi connectivity index (χ1n) is 5.44. The fraction of sp³-hybridized carbons (Fsp3) is 0.250. The Hall–Kier alpha value is -2.15. The number of ketones is 1. The van der Waals surface area contributed by atoms with E-state index < -0.39 is 5.97 Å². The predicted molar refractivity (Wildman–Crippen MR) is 69.0 cm³/mol. The lowest BCUT2D eigenvalue weighted by Crippen LogP contribution is -2.03. The van der Waals surface area contributed by atoms with Crippen LogP contribution in [0.1, 0.15) is 22.6 Å². The van der Waals surface area contributed by atoms with Crippen molar-refractivity contribution in [3.8, 4) is 11.5 Å². The molecule has 100 valence electrons. The van der Waals surface area contributed by atoms with E-state index in [1.807, 2.05) is 0 Å². The molecule has 0 aliphatic carbocycles. The number of nitrogens with zero attached hydrogens (tertiary/aromatic N) is 1. The molecule has 2 aromatic rings. The number of thiazole rings is 1. The Morgan fingerprint density at radius 2 is 2.11 bits per heavy atom. The topological polar surface area (TPSA) is 96.7 Å². The zero-order valence-corrected chi connectivity index (χ0v) is 10.9. The number of aromatic hydroxyl groups is 1. The Balaban J connectivity index is 2.31. The van der Waals surface area contributed by atoms with Gasteiger partial charge in [0.05, 0.1) is 23.7 Å². The second-order valence-corrected chi connectivity index (χ2v) is 4.86. The minimum absolute atomic E-state index is 0.0511. The van der Waals surface area contributed by atoms with Crippen molar-refractivity contribution >= 4 is 33.3 Å². The van der Waals surface area contributed by atoms with Gasteiger partial charge in [0, 0.05) is 18.6 Å². The number of carboxylic acid groups (broad SMARTS) is 1. The Bertz CT molecular complexity index is 649. The van der Waals surface area contributed by atoms with Crippen molar-refractivity contribution in [1.82, 2.24) is 4.98 Å². The van der Waals surface area contributed by atoms with Crippen LogP contribution in [0.4, 0.5) is 0 Å². The first kappa shape index (κ1) is 13.3. The SMILES string of the molecule is COc1cc2sc(C(=O)CCC(=O)O)nc2cc1O. The summed E-state index contributed by atoms with van der Waals surface area (Å²) >= 11 is 1.15. The standard InChI is InChI=1S/C12H11NO5S/c1-18-9-5-10-6(4-8(9)15)13-12(19-10)7(14)2-3-11(16)17/h4-5,15H,2-3H2,1H3,(H,16,17). The summed E-state index contributed by atoms with van der Waals surface area (Å²) in [5.74, 6) is -1.08. The van der Waals surface area contributed by atoms with E-state index >= 15 is 0 Å². The number of hydrogen-bond donors (Lipinski definition) is 2. The molecule has 0 bridgehead atoms. The quantitative estimate of drug-likeness (QED) is 0.814. The summed E-state index contributed by atoms with van der Waals surface area (Å²) in [6.45, 7) is 0. The highest BCUT2D eigenvalue weighted by atomic mass is 32.1. The van der Waals surface area contributed by atoms with Gasteiger partial charge in [0.15, 0.2) is 22.3 Å². The van der Waals surface area contributed by atoms with E-state index in [4.69, 9.17) is 9.84 Å². The maximum atomic E-state index is 11.7. The molecule has 2 rings (SSSR count). The number of carbonyl (C=O) groups is 2. The maximum Gasteiger partial charge on any atom is 0.303 e. The van der Waals surface area contributed by atoms with Crippen molar-refractivity contribution in [3.05, 3.63) is 17.1 Å². The van der Waals surface area contributed by atoms with Crippen LogP contribution in [0.3, 0.4) is 0 Å². The normalized spacial score (nSPS) is 10.6. The van der Waals surface area contributed by atoms with E-state index in [-0.39, 0.29) is 29.4 Å². The zero-order chi connectivity index (χ0) is 14.0. The maximum absolute atomic E-state index is 11.7.